The van der Waals surface area contributed by atoms with Crippen LogP contribution in [0.2, 0.25) is 5.02 Å². The minimum Gasteiger partial charge on any atom is -0.349 e. The van der Waals surface area contributed by atoms with Crippen molar-refractivity contribution in [3.05, 3.63) is 64.4 Å². The van der Waals surface area contributed by atoms with E-state index in [4.69, 9.17) is 11.6 Å². The van der Waals surface area contributed by atoms with Gasteiger partial charge in [0, 0.05) is 30.0 Å². The fourth-order valence-corrected chi connectivity index (χ4v) is 3.50. The van der Waals surface area contributed by atoms with Crippen LogP contribution in [0.5, 0.6) is 0 Å². The number of aromatic nitrogens is 1. The third-order valence-corrected chi connectivity index (χ3v) is 5.22. The summed E-state index contributed by atoms with van der Waals surface area (Å²) >= 11 is 6.11. The fourth-order valence-electron chi connectivity index (χ4n) is 3.30. The van der Waals surface area contributed by atoms with Gasteiger partial charge < -0.3 is 10.6 Å². The van der Waals surface area contributed by atoms with Gasteiger partial charge in [0.2, 0.25) is 0 Å². The van der Waals surface area contributed by atoms with E-state index in [1.807, 2.05) is 18.2 Å². The third kappa shape index (κ3) is 5.54. The Bertz CT molecular complexity index is 802. The first-order valence-electron chi connectivity index (χ1n) is 9.41. The van der Waals surface area contributed by atoms with Crippen LogP contribution >= 0.6 is 11.6 Å². The van der Waals surface area contributed by atoms with Crippen molar-refractivity contribution in [3.63, 3.8) is 0 Å². The van der Waals surface area contributed by atoms with E-state index in [2.05, 4.69) is 15.6 Å². The smallest absolute Gasteiger partial charge is 0.253 e. The Morgan fingerprint density at radius 1 is 1.00 bits per heavy atom. The van der Waals surface area contributed by atoms with E-state index in [1.54, 1.807) is 12.1 Å². The molecule has 1 aromatic heterocycles. The highest BCUT2D eigenvalue weighted by molar-refractivity contribution is 6.31. The van der Waals surface area contributed by atoms with Gasteiger partial charge in [0.05, 0.1) is 11.1 Å². The minimum atomic E-state index is -0.286. The second-order valence-electron chi connectivity index (χ2n) is 6.90. The Kier molecular flexibility index (Phi) is 6.82. The summed E-state index contributed by atoms with van der Waals surface area (Å²) in [7, 11) is 0. The molecule has 0 saturated heterocycles. The zero-order chi connectivity index (χ0) is 19.1. The van der Waals surface area contributed by atoms with E-state index in [-0.39, 0.29) is 17.9 Å². The second-order valence-corrected chi connectivity index (χ2v) is 7.31. The lowest BCUT2D eigenvalue weighted by Gasteiger charge is -2.16. The molecule has 0 spiro atoms. The summed E-state index contributed by atoms with van der Waals surface area (Å²) in [5.74, 6) is -0.457. The van der Waals surface area contributed by atoms with Crippen molar-refractivity contribution in [2.45, 2.75) is 51.1 Å². The van der Waals surface area contributed by atoms with Crippen LogP contribution in [-0.2, 0) is 6.54 Å². The lowest BCUT2D eigenvalue weighted by molar-refractivity contribution is 0.0933. The van der Waals surface area contributed by atoms with Gasteiger partial charge in [0.1, 0.15) is 0 Å². The molecule has 0 radical (unpaired) electrons. The Labute approximate surface area is 164 Å². The number of pyridine rings is 1. The molecule has 3 rings (SSSR count). The van der Waals surface area contributed by atoms with Crippen LogP contribution in [0.4, 0.5) is 0 Å². The summed E-state index contributed by atoms with van der Waals surface area (Å²) in [6.07, 6.45) is 9.74. The summed E-state index contributed by atoms with van der Waals surface area (Å²) in [5.41, 5.74) is 1.60. The van der Waals surface area contributed by atoms with E-state index < -0.39 is 0 Å². The number of rotatable bonds is 5. The molecule has 6 heteroatoms. The Hall–Kier alpha value is -2.40. The van der Waals surface area contributed by atoms with Gasteiger partial charge in [-0.05, 0) is 30.5 Å². The molecule has 1 aromatic carbocycles. The lowest BCUT2D eigenvalue weighted by Crippen LogP contribution is -2.34. The van der Waals surface area contributed by atoms with Gasteiger partial charge >= 0.3 is 0 Å². The summed E-state index contributed by atoms with van der Waals surface area (Å²) < 4.78 is 0. The SMILES string of the molecule is O=C(NCc1ccccc1Cl)c1cncc(C(=O)NC2CCCCCC2)c1. The topological polar surface area (TPSA) is 71.1 Å². The van der Waals surface area contributed by atoms with Crippen LogP contribution in [0, 0.1) is 0 Å². The molecule has 2 N–H and O–H groups in total. The fraction of sp³-hybridized carbons (Fsp3) is 0.381. The molecule has 1 saturated carbocycles. The summed E-state index contributed by atoms with van der Waals surface area (Å²) in [6.45, 7) is 0.316. The van der Waals surface area contributed by atoms with Crippen molar-refractivity contribution in [2.75, 3.05) is 0 Å². The van der Waals surface area contributed by atoms with E-state index in [9.17, 15) is 9.59 Å². The zero-order valence-electron chi connectivity index (χ0n) is 15.2. The molecule has 0 atom stereocenters. The molecule has 142 valence electrons. The van der Waals surface area contributed by atoms with Crippen molar-refractivity contribution >= 4 is 23.4 Å². The van der Waals surface area contributed by atoms with Crippen LogP contribution < -0.4 is 10.6 Å². The molecule has 2 amide bonds. The minimum absolute atomic E-state index is 0.171. The van der Waals surface area contributed by atoms with E-state index >= 15 is 0 Å². The number of hydrogen-bond donors (Lipinski definition) is 2. The molecule has 0 unspecified atom stereocenters. The maximum absolute atomic E-state index is 12.5. The number of amides is 2. The number of benzene rings is 1. The number of carbonyl (C=O) groups is 2. The first-order chi connectivity index (χ1) is 13.1. The predicted molar refractivity (Wildman–Crippen MR) is 106 cm³/mol. The number of hydrogen-bond acceptors (Lipinski definition) is 3. The van der Waals surface area contributed by atoms with Gasteiger partial charge in [-0.1, -0.05) is 55.5 Å². The first-order valence-corrected chi connectivity index (χ1v) is 9.79. The molecule has 0 bridgehead atoms. The maximum Gasteiger partial charge on any atom is 0.253 e. The van der Waals surface area contributed by atoms with Gasteiger partial charge in [-0.3, -0.25) is 14.6 Å². The van der Waals surface area contributed by atoms with Crippen molar-refractivity contribution in [1.29, 1.82) is 0 Å². The number of halogens is 1. The maximum atomic E-state index is 12.5. The largest absolute Gasteiger partial charge is 0.349 e. The van der Waals surface area contributed by atoms with Gasteiger partial charge in [-0.25, -0.2) is 0 Å². The molecule has 1 fully saturated rings. The predicted octanol–water partition coefficient (Wildman–Crippen LogP) is 4.12. The average Bonchev–Trinajstić information content (AvgIpc) is 2.96. The number of nitrogens with one attached hydrogen (secondary N) is 2. The summed E-state index contributed by atoms with van der Waals surface area (Å²) in [6, 6.07) is 9.14. The molecule has 27 heavy (non-hydrogen) atoms. The quantitative estimate of drug-likeness (QED) is 0.760. The molecular weight excluding hydrogens is 362 g/mol. The normalized spacial score (nSPS) is 15.0. The molecular formula is C21H24ClN3O2. The summed E-state index contributed by atoms with van der Waals surface area (Å²) in [4.78, 5) is 29.0. The first kappa shape index (κ1) is 19.4. The molecule has 2 aromatic rings. The van der Waals surface area contributed by atoms with Crippen LogP contribution in [0.15, 0.2) is 42.7 Å². The van der Waals surface area contributed by atoms with Crippen LogP contribution in [0.25, 0.3) is 0 Å². The van der Waals surface area contributed by atoms with Crippen molar-refractivity contribution in [1.82, 2.24) is 15.6 Å². The third-order valence-electron chi connectivity index (χ3n) is 4.85. The number of carbonyl (C=O) groups excluding carboxylic acids is 2. The van der Waals surface area contributed by atoms with Crippen LogP contribution in [0.3, 0.4) is 0 Å². The zero-order valence-corrected chi connectivity index (χ0v) is 16.0. The van der Waals surface area contributed by atoms with Crippen molar-refractivity contribution in [2.24, 2.45) is 0 Å². The van der Waals surface area contributed by atoms with Gasteiger partial charge in [0.25, 0.3) is 11.8 Å². The highest BCUT2D eigenvalue weighted by Crippen LogP contribution is 2.18. The van der Waals surface area contributed by atoms with E-state index in [1.165, 1.54) is 25.2 Å². The van der Waals surface area contributed by atoms with Crippen LogP contribution in [0.1, 0.15) is 64.8 Å². The highest BCUT2D eigenvalue weighted by Gasteiger charge is 2.17. The average molecular weight is 386 g/mol. The summed E-state index contributed by atoms with van der Waals surface area (Å²) in [5, 5.41) is 6.50. The highest BCUT2D eigenvalue weighted by atomic mass is 35.5. The Balaban J connectivity index is 1.61. The van der Waals surface area contributed by atoms with Gasteiger partial charge in [-0.2, -0.15) is 0 Å². The second kappa shape index (κ2) is 9.51. The standard InChI is InChI=1S/C21H24ClN3O2/c22-19-10-6-5-7-15(19)14-24-20(26)16-11-17(13-23-12-16)21(27)25-18-8-3-1-2-4-9-18/h5-7,10-13,18H,1-4,8-9,14H2,(H,24,26)(H,25,27). The van der Waals surface area contributed by atoms with Crippen LogP contribution in [-0.4, -0.2) is 22.8 Å². The van der Waals surface area contributed by atoms with E-state index in [0.29, 0.717) is 22.7 Å². The molecule has 0 aliphatic heterocycles. The van der Waals surface area contributed by atoms with Crippen molar-refractivity contribution < 1.29 is 9.59 Å². The monoisotopic (exact) mass is 385 g/mol. The number of nitrogens with zero attached hydrogens (tertiary/aromatic N) is 1. The van der Waals surface area contributed by atoms with Crippen molar-refractivity contribution in [3.8, 4) is 0 Å². The van der Waals surface area contributed by atoms with E-state index in [0.717, 1.165) is 31.2 Å². The molecule has 1 heterocycles. The van der Waals surface area contributed by atoms with Gasteiger partial charge in [0.15, 0.2) is 0 Å². The lowest BCUT2D eigenvalue weighted by atomic mass is 10.1. The molecule has 5 nitrogen and oxygen atoms in total. The molecule has 1 aliphatic rings. The van der Waals surface area contributed by atoms with Gasteiger partial charge in [-0.15, -0.1) is 0 Å². The Morgan fingerprint density at radius 2 is 1.67 bits per heavy atom. The molecule has 1 aliphatic carbocycles. The Morgan fingerprint density at radius 3 is 2.37 bits per heavy atom.